The Morgan fingerprint density at radius 3 is 1.67 bits per heavy atom. The van der Waals surface area contributed by atoms with Crippen molar-refractivity contribution in [2.45, 2.75) is 93.8 Å². The van der Waals surface area contributed by atoms with E-state index in [0.717, 1.165) is 22.3 Å². The molecule has 0 aliphatic carbocycles. The molecule has 10 heteroatoms. The van der Waals surface area contributed by atoms with Crippen LogP contribution in [0.4, 0.5) is 0 Å². The van der Waals surface area contributed by atoms with Gasteiger partial charge in [-0.25, -0.2) is 0 Å². The van der Waals surface area contributed by atoms with Gasteiger partial charge < -0.3 is 24.1 Å². The normalized spacial score (nSPS) is 19.5. The zero-order valence-corrected chi connectivity index (χ0v) is 32.5. The SMILES string of the molecule is Cc1ccc(S(=O)(=O)OC[C@@H](CC(C)(C)[Si](C)(C)O)[C@@H]2OC(C)(C)O[C@@H]2C(O)COC(c2ccccc2)(c2ccccc2)c2ccccc2)cc1. The molecule has 0 bridgehead atoms. The number of aryl methyl sites for hydroxylation is 1. The van der Waals surface area contributed by atoms with Crippen LogP contribution in [0.15, 0.2) is 120 Å². The van der Waals surface area contributed by atoms with Gasteiger partial charge in [-0.3, -0.25) is 4.18 Å². The van der Waals surface area contributed by atoms with Gasteiger partial charge in [0, 0.05) is 5.92 Å². The second-order valence-electron chi connectivity index (χ2n) is 15.2. The number of benzene rings is 4. The molecule has 4 atom stereocenters. The van der Waals surface area contributed by atoms with Crippen molar-refractivity contribution in [1.82, 2.24) is 0 Å². The van der Waals surface area contributed by atoms with Crippen LogP contribution < -0.4 is 0 Å². The molecule has 274 valence electrons. The monoisotopic (exact) mass is 732 g/mol. The van der Waals surface area contributed by atoms with Crippen molar-refractivity contribution in [1.29, 1.82) is 0 Å². The quantitative estimate of drug-likeness (QED) is 0.0732. The van der Waals surface area contributed by atoms with Crippen LogP contribution in [0.2, 0.25) is 18.1 Å². The Hall–Kier alpha value is -3.19. The Balaban J connectivity index is 1.49. The number of ether oxygens (including phenoxy) is 3. The van der Waals surface area contributed by atoms with E-state index in [1.54, 1.807) is 26.0 Å². The van der Waals surface area contributed by atoms with Gasteiger partial charge in [0.25, 0.3) is 10.1 Å². The molecule has 1 unspecified atom stereocenters. The number of aliphatic hydroxyl groups excluding tert-OH is 1. The fourth-order valence-electron chi connectivity index (χ4n) is 6.68. The van der Waals surface area contributed by atoms with Gasteiger partial charge in [0.15, 0.2) is 14.1 Å². The zero-order valence-electron chi connectivity index (χ0n) is 30.7. The molecule has 1 heterocycles. The van der Waals surface area contributed by atoms with E-state index in [2.05, 4.69) is 0 Å². The van der Waals surface area contributed by atoms with Crippen LogP contribution in [-0.2, 0) is 34.1 Å². The van der Waals surface area contributed by atoms with E-state index in [-0.39, 0.29) is 18.1 Å². The molecular formula is C41H52O8SSi. The summed E-state index contributed by atoms with van der Waals surface area (Å²) in [6.07, 6.45) is -2.52. The van der Waals surface area contributed by atoms with E-state index >= 15 is 0 Å². The van der Waals surface area contributed by atoms with Crippen LogP contribution in [0.1, 0.15) is 56.4 Å². The highest BCUT2D eigenvalue weighted by atomic mass is 32.2. The Bertz CT molecular complexity index is 1710. The van der Waals surface area contributed by atoms with Gasteiger partial charge in [0.1, 0.15) is 17.8 Å². The second-order valence-corrected chi connectivity index (χ2v) is 21.3. The Morgan fingerprint density at radius 2 is 1.22 bits per heavy atom. The minimum atomic E-state index is -4.12. The summed E-state index contributed by atoms with van der Waals surface area (Å²) in [4.78, 5) is 11.3. The van der Waals surface area contributed by atoms with Gasteiger partial charge >= 0.3 is 0 Å². The topological polar surface area (TPSA) is 112 Å². The molecule has 1 aliphatic rings. The maximum Gasteiger partial charge on any atom is 0.296 e. The van der Waals surface area contributed by atoms with E-state index in [9.17, 15) is 18.3 Å². The summed E-state index contributed by atoms with van der Waals surface area (Å²) < 4.78 is 52.3. The van der Waals surface area contributed by atoms with Gasteiger partial charge in [0.05, 0.1) is 24.2 Å². The van der Waals surface area contributed by atoms with Crippen LogP contribution >= 0.6 is 0 Å². The van der Waals surface area contributed by atoms with Crippen molar-refractivity contribution in [2.24, 2.45) is 5.92 Å². The smallest absolute Gasteiger partial charge is 0.296 e. The van der Waals surface area contributed by atoms with Gasteiger partial charge in [-0.1, -0.05) is 123 Å². The highest BCUT2D eigenvalue weighted by Gasteiger charge is 2.52. The number of hydrogen-bond donors (Lipinski definition) is 2. The molecule has 5 rings (SSSR count). The van der Waals surface area contributed by atoms with Crippen LogP contribution in [-0.4, -0.2) is 64.0 Å². The average molecular weight is 733 g/mol. The predicted molar refractivity (Wildman–Crippen MR) is 201 cm³/mol. The van der Waals surface area contributed by atoms with Crippen molar-refractivity contribution in [2.75, 3.05) is 13.2 Å². The van der Waals surface area contributed by atoms with Crippen molar-refractivity contribution in [3.63, 3.8) is 0 Å². The zero-order chi connectivity index (χ0) is 37.1. The van der Waals surface area contributed by atoms with E-state index in [0.29, 0.717) is 6.42 Å². The molecule has 8 nitrogen and oxygen atoms in total. The first-order chi connectivity index (χ1) is 24.0. The summed E-state index contributed by atoms with van der Waals surface area (Å²) in [7, 11) is -6.89. The standard InChI is InChI=1S/C41H52O8SSi/c1-30-23-25-35(26-24-30)50(43,44)47-28-31(27-39(2,3)51(6,7)45)37-38(49-40(4,5)48-37)36(42)29-46-41(32-17-11-8-12-18-32,33-19-13-9-14-20-33)34-21-15-10-16-22-34/h8-26,31,36-38,42,45H,27-29H2,1-7H3/t31-,36?,37+,38-/m1/s1. The maximum atomic E-state index is 13.4. The molecule has 0 saturated carbocycles. The lowest BCUT2D eigenvalue weighted by atomic mass is 9.80. The van der Waals surface area contributed by atoms with E-state index in [1.807, 2.05) is 125 Å². The third kappa shape index (κ3) is 8.89. The first kappa shape index (κ1) is 39.0. The molecule has 0 amide bonds. The summed E-state index contributed by atoms with van der Waals surface area (Å²) >= 11 is 0. The molecule has 4 aromatic rings. The Labute approximate surface area is 304 Å². The molecule has 1 saturated heterocycles. The van der Waals surface area contributed by atoms with Gasteiger partial charge in [-0.15, -0.1) is 0 Å². The van der Waals surface area contributed by atoms with Gasteiger partial charge in [0.2, 0.25) is 0 Å². The molecule has 4 aromatic carbocycles. The largest absolute Gasteiger partial charge is 0.432 e. The van der Waals surface area contributed by atoms with Crippen LogP contribution in [0.5, 0.6) is 0 Å². The molecule has 2 N–H and O–H groups in total. The second kappa shape index (κ2) is 15.4. The first-order valence-corrected chi connectivity index (χ1v) is 21.8. The minimum Gasteiger partial charge on any atom is -0.432 e. The Kier molecular flexibility index (Phi) is 11.8. The molecule has 51 heavy (non-hydrogen) atoms. The van der Waals surface area contributed by atoms with Gasteiger partial charge in [-0.05, 0) is 74.1 Å². The van der Waals surface area contributed by atoms with E-state index in [4.69, 9.17) is 18.4 Å². The predicted octanol–water partition coefficient (Wildman–Crippen LogP) is 7.57. The lowest BCUT2D eigenvalue weighted by Crippen LogP contribution is -2.48. The van der Waals surface area contributed by atoms with Crippen LogP contribution in [0, 0.1) is 12.8 Å². The van der Waals surface area contributed by atoms with Crippen molar-refractivity contribution in [3.05, 3.63) is 138 Å². The third-order valence-electron chi connectivity index (χ3n) is 10.2. The van der Waals surface area contributed by atoms with Crippen LogP contribution in [0.25, 0.3) is 0 Å². The van der Waals surface area contributed by atoms with Gasteiger partial charge in [-0.2, -0.15) is 8.42 Å². The van der Waals surface area contributed by atoms with E-state index in [1.165, 1.54) is 12.1 Å². The summed E-state index contributed by atoms with van der Waals surface area (Å²) in [6, 6.07) is 36.2. The summed E-state index contributed by atoms with van der Waals surface area (Å²) in [5.74, 6) is -1.68. The number of rotatable bonds is 15. The molecule has 0 spiro atoms. The third-order valence-corrected chi connectivity index (χ3v) is 15.0. The summed E-state index contributed by atoms with van der Waals surface area (Å²) in [5.41, 5.74) is 2.52. The molecule has 1 aliphatic heterocycles. The van der Waals surface area contributed by atoms with Crippen molar-refractivity contribution < 1.29 is 36.7 Å². The molecule has 0 aromatic heterocycles. The summed E-state index contributed by atoms with van der Waals surface area (Å²) in [6.45, 7) is 12.7. The highest BCUT2D eigenvalue weighted by Crippen LogP contribution is 2.46. The van der Waals surface area contributed by atoms with Crippen molar-refractivity contribution >= 4 is 18.4 Å². The molecular weight excluding hydrogens is 681 g/mol. The minimum absolute atomic E-state index is 0.0518. The average Bonchev–Trinajstić information content (AvgIpc) is 3.43. The fourth-order valence-corrected chi connectivity index (χ4v) is 8.40. The lowest BCUT2D eigenvalue weighted by Gasteiger charge is -2.40. The molecule has 0 radical (unpaired) electrons. The Morgan fingerprint density at radius 1 is 0.765 bits per heavy atom. The maximum absolute atomic E-state index is 13.4. The van der Waals surface area contributed by atoms with Crippen molar-refractivity contribution in [3.8, 4) is 0 Å². The number of hydrogen-bond acceptors (Lipinski definition) is 8. The lowest BCUT2D eigenvalue weighted by molar-refractivity contribution is -0.163. The van der Waals surface area contributed by atoms with E-state index < -0.39 is 59.1 Å². The summed E-state index contributed by atoms with van der Waals surface area (Å²) in [5, 5.41) is 11.5. The number of aliphatic hydroxyl groups is 1. The fraction of sp³-hybridized carbons (Fsp3) is 0.415. The van der Waals surface area contributed by atoms with Crippen LogP contribution in [0.3, 0.4) is 0 Å². The molecule has 1 fully saturated rings. The highest BCUT2D eigenvalue weighted by molar-refractivity contribution is 7.86. The first-order valence-electron chi connectivity index (χ1n) is 17.5.